The maximum Gasteiger partial charge on any atom is 0.416 e. The number of carbonyl (C=O) groups excluding carboxylic acids is 2. The number of fused-ring (bicyclic) bond motifs is 1. The molecule has 2 aliphatic rings. The van der Waals surface area contributed by atoms with Gasteiger partial charge < -0.3 is 10.6 Å². The van der Waals surface area contributed by atoms with Crippen LogP contribution in [0.15, 0.2) is 36.4 Å². The molecular weight excluding hydrogens is 402 g/mol. The molecule has 1 aliphatic carbocycles. The fraction of sp³-hybridized carbons (Fsp3) is 0.333. The first kappa shape index (κ1) is 20.3. The van der Waals surface area contributed by atoms with E-state index in [1.54, 1.807) is 18.2 Å². The van der Waals surface area contributed by atoms with Crippen LogP contribution in [0, 0.1) is 5.82 Å². The number of anilines is 1. The molecule has 2 aromatic rings. The molecule has 2 aromatic carbocycles. The first-order valence-electron chi connectivity index (χ1n) is 9.61. The molecule has 9 heteroatoms. The van der Waals surface area contributed by atoms with Crippen molar-refractivity contribution in [3.8, 4) is 0 Å². The zero-order valence-electron chi connectivity index (χ0n) is 15.8. The minimum absolute atomic E-state index is 0.225. The third-order valence-electron chi connectivity index (χ3n) is 5.41. The molecule has 158 valence electrons. The van der Waals surface area contributed by atoms with E-state index in [0.29, 0.717) is 23.3 Å². The number of amides is 2. The van der Waals surface area contributed by atoms with E-state index >= 15 is 0 Å². The predicted octanol–water partition coefficient (Wildman–Crippen LogP) is 4.37. The van der Waals surface area contributed by atoms with Gasteiger partial charge in [-0.3, -0.25) is 14.9 Å². The third kappa shape index (κ3) is 4.02. The molecule has 2 amide bonds. The summed E-state index contributed by atoms with van der Waals surface area (Å²) < 4.78 is 52.5. The molecule has 3 N–H and O–H groups in total. The Kier molecular flexibility index (Phi) is 5.23. The van der Waals surface area contributed by atoms with Crippen molar-refractivity contribution >= 4 is 17.5 Å². The number of benzene rings is 2. The summed E-state index contributed by atoms with van der Waals surface area (Å²) in [5.74, 6) is -2.36. The van der Waals surface area contributed by atoms with Crippen LogP contribution >= 0.6 is 0 Å². The normalized spacial score (nSPS) is 18.9. The van der Waals surface area contributed by atoms with Crippen LogP contribution in [0.1, 0.15) is 63.7 Å². The van der Waals surface area contributed by atoms with Crippen LogP contribution in [0.4, 0.5) is 23.2 Å². The summed E-state index contributed by atoms with van der Waals surface area (Å²) in [6.45, 7) is 0. The van der Waals surface area contributed by atoms with Crippen LogP contribution in [0.25, 0.3) is 0 Å². The van der Waals surface area contributed by atoms with Gasteiger partial charge in [0.25, 0.3) is 11.8 Å². The van der Waals surface area contributed by atoms with E-state index in [1.165, 1.54) is 0 Å². The summed E-state index contributed by atoms with van der Waals surface area (Å²) in [4.78, 5) is 24.9. The fourth-order valence-electron chi connectivity index (χ4n) is 4.00. The minimum atomic E-state index is -4.78. The van der Waals surface area contributed by atoms with E-state index in [4.69, 9.17) is 0 Å². The zero-order valence-corrected chi connectivity index (χ0v) is 15.8. The van der Waals surface area contributed by atoms with E-state index < -0.39 is 35.2 Å². The molecule has 30 heavy (non-hydrogen) atoms. The van der Waals surface area contributed by atoms with Gasteiger partial charge in [-0.25, -0.2) is 4.39 Å². The zero-order chi connectivity index (χ0) is 21.5. The lowest BCUT2D eigenvalue weighted by molar-refractivity contribution is -0.137. The summed E-state index contributed by atoms with van der Waals surface area (Å²) in [7, 11) is 0. The number of hydrogen-bond donors (Lipinski definition) is 3. The standard InChI is InChI=1S/C21H19F4N3O2/c22-13-9-11(8-12(10-13)21(23,24)25)19(29)27-16-7-3-6-15-17(16)18(28-20(15)30)26-14-4-1-2-5-14/h3,6-10,14,18,26H,1-2,4-5H2,(H,27,29)(H,28,30)/t18-/m0/s1. The largest absolute Gasteiger partial charge is 0.416 e. The highest BCUT2D eigenvalue weighted by molar-refractivity contribution is 6.07. The van der Waals surface area contributed by atoms with E-state index in [-0.39, 0.29) is 17.6 Å². The Bertz CT molecular complexity index is 1000. The molecular formula is C21H19F4N3O2. The van der Waals surface area contributed by atoms with E-state index in [2.05, 4.69) is 16.0 Å². The van der Waals surface area contributed by atoms with Crippen molar-refractivity contribution in [1.29, 1.82) is 0 Å². The Morgan fingerprint density at radius 1 is 1.10 bits per heavy atom. The van der Waals surface area contributed by atoms with Gasteiger partial charge in [-0.05, 0) is 43.2 Å². The predicted molar refractivity (Wildman–Crippen MR) is 101 cm³/mol. The lowest BCUT2D eigenvalue weighted by Crippen LogP contribution is -2.37. The van der Waals surface area contributed by atoms with Crippen LogP contribution in [0.3, 0.4) is 0 Å². The van der Waals surface area contributed by atoms with Crippen LogP contribution in [-0.4, -0.2) is 17.9 Å². The molecule has 0 saturated heterocycles. The Labute approximate surface area is 169 Å². The Morgan fingerprint density at radius 3 is 2.53 bits per heavy atom. The summed E-state index contributed by atoms with van der Waals surface area (Å²) in [6.07, 6.45) is -1.18. The molecule has 1 saturated carbocycles. The van der Waals surface area contributed by atoms with Gasteiger partial charge in [0.05, 0.1) is 5.56 Å². The SMILES string of the molecule is O=C(Nc1cccc2c1[C@@H](NC1CCCC1)NC2=O)c1cc(F)cc(C(F)(F)F)c1. The van der Waals surface area contributed by atoms with Gasteiger partial charge in [-0.2, -0.15) is 13.2 Å². The number of alkyl halides is 3. The molecule has 5 nitrogen and oxygen atoms in total. The first-order chi connectivity index (χ1) is 14.2. The van der Waals surface area contributed by atoms with Crippen LogP contribution in [0.2, 0.25) is 0 Å². The highest BCUT2D eigenvalue weighted by atomic mass is 19.4. The summed E-state index contributed by atoms with van der Waals surface area (Å²) in [5.41, 5.74) is -0.529. The maximum atomic E-state index is 13.7. The molecule has 1 aliphatic heterocycles. The molecule has 0 unspecified atom stereocenters. The average molecular weight is 421 g/mol. The second-order valence-electron chi connectivity index (χ2n) is 7.50. The van der Waals surface area contributed by atoms with E-state index in [1.807, 2.05) is 0 Å². The average Bonchev–Trinajstić information content (AvgIpc) is 3.30. The Morgan fingerprint density at radius 2 is 1.83 bits per heavy atom. The van der Waals surface area contributed by atoms with Crippen molar-refractivity contribution in [2.75, 3.05) is 5.32 Å². The highest BCUT2D eigenvalue weighted by Gasteiger charge is 2.34. The van der Waals surface area contributed by atoms with E-state index in [0.717, 1.165) is 31.7 Å². The van der Waals surface area contributed by atoms with Crippen molar-refractivity contribution in [3.05, 3.63) is 64.5 Å². The van der Waals surface area contributed by atoms with Gasteiger partial charge >= 0.3 is 6.18 Å². The van der Waals surface area contributed by atoms with Gasteiger partial charge in [0.1, 0.15) is 12.0 Å². The number of rotatable bonds is 4. The molecule has 1 heterocycles. The van der Waals surface area contributed by atoms with E-state index in [9.17, 15) is 27.2 Å². The number of halogens is 4. The monoisotopic (exact) mass is 421 g/mol. The highest BCUT2D eigenvalue weighted by Crippen LogP contribution is 2.34. The molecule has 1 fully saturated rings. The Hall–Kier alpha value is -2.94. The number of hydrogen-bond acceptors (Lipinski definition) is 3. The number of nitrogens with one attached hydrogen (secondary N) is 3. The summed E-state index contributed by atoms with van der Waals surface area (Å²) in [5, 5.41) is 8.73. The Balaban J connectivity index is 1.62. The third-order valence-corrected chi connectivity index (χ3v) is 5.41. The molecule has 1 atom stereocenters. The summed E-state index contributed by atoms with van der Waals surface area (Å²) in [6, 6.07) is 6.64. The smallest absolute Gasteiger partial charge is 0.332 e. The van der Waals surface area contributed by atoms with Gasteiger partial charge in [-0.1, -0.05) is 18.9 Å². The van der Waals surface area contributed by atoms with Crippen molar-refractivity contribution in [1.82, 2.24) is 10.6 Å². The van der Waals surface area contributed by atoms with Crippen molar-refractivity contribution < 1.29 is 27.2 Å². The van der Waals surface area contributed by atoms with Gasteiger partial charge in [0.15, 0.2) is 0 Å². The van der Waals surface area contributed by atoms with Crippen LogP contribution < -0.4 is 16.0 Å². The fourth-order valence-corrected chi connectivity index (χ4v) is 4.00. The lowest BCUT2D eigenvalue weighted by atomic mass is 10.0. The first-order valence-corrected chi connectivity index (χ1v) is 9.61. The van der Waals surface area contributed by atoms with Crippen molar-refractivity contribution in [3.63, 3.8) is 0 Å². The minimum Gasteiger partial charge on any atom is -0.332 e. The van der Waals surface area contributed by atoms with Crippen LogP contribution in [-0.2, 0) is 6.18 Å². The lowest BCUT2D eigenvalue weighted by Gasteiger charge is -2.21. The molecule has 0 aromatic heterocycles. The quantitative estimate of drug-likeness (QED) is 0.642. The second-order valence-corrected chi connectivity index (χ2v) is 7.50. The molecule has 4 rings (SSSR count). The molecule has 0 bridgehead atoms. The topological polar surface area (TPSA) is 70.2 Å². The maximum absolute atomic E-state index is 13.7. The molecule has 0 radical (unpaired) electrons. The second kappa shape index (κ2) is 7.71. The van der Waals surface area contributed by atoms with Crippen LogP contribution in [0.5, 0.6) is 0 Å². The molecule has 0 spiro atoms. The van der Waals surface area contributed by atoms with Crippen molar-refractivity contribution in [2.24, 2.45) is 0 Å². The van der Waals surface area contributed by atoms with Gasteiger partial charge in [-0.15, -0.1) is 0 Å². The summed E-state index contributed by atoms with van der Waals surface area (Å²) >= 11 is 0. The van der Waals surface area contributed by atoms with Gasteiger partial charge in [0.2, 0.25) is 0 Å². The van der Waals surface area contributed by atoms with Gasteiger partial charge in [0, 0.05) is 28.4 Å². The van der Waals surface area contributed by atoms with Crippen molar-refractivity contribution in [2.45, 2.75) is 44.1 Å². The number of carbonyl (C=O) groups is 2.